The number of hydrogen-bond donors (Lipinski definition) is 0. The lowest BCUT2D eigenvalue weighted by molar-refractivity contribution is 0.0855. The first-order valence-electron chi connectivity index (χ1n) is 4.90. The minimum Gasteiger partial charge on any atom is -0.390 e. The monoisotopic (exact) mass is 305 g/mol. The maximum atomic E-state index is 13.1. The first kappa shape index (κ1) is 11.9. The van der Waals surface area contributed by atoms with Gasteiger partial charge in [-0.3, -0.25) is 0 Å². The van der Waals surface area contributed by atoms with Crippen molar-refractivity contribution < 1.29 is 9.23 Å². The molecule has 2 nitrogen and oxygen atoms in total. The molecule has 0 fully saturated rings. The number of nitrogens with zero attached hydrogens (tertiary/aromatic N) is 1. The second kappa shape index (κ2) is 4.72. The second-order valence-electron chi connectivity index (χ2n) is 3.69. The van der Waals surface area contributed by atoms with Crippen LogP contribution < -0.4 is 0 Å². The van der Waals surface area contributed by atoms with E-state index in [1.165, 1.54) is 12.1 Å². The highest BCUT2D eigenvalue weighted by atomic mass is 79.9. The Morgan fingerprint density at radius 3 is 3.00 bits per heavy atom. The van der Waals surface area contributed by atoms with E-state index in [2.05, 4.69) is 21.1 Å². The lowest BCUT2D eigenvalue weighted by atomic mass is 10.0. The zero-order valence-electron chi connectivity index (χ0n) is 8.58. The van der Waals surface area contributed by atoms with Crippen LogP contribution in [0.15, 0.2) is 27.8 Å². The van der Waals surface area contributed by atoms with E-state index in [9.17, 15) is 4.39 Å². The number of rotatable bonds is 2. The van der Waals surface area contributed by atoms with Gasteiger partial charge >= 0.3 is 0 Å². The van der Waals surface area contributed by atoms with Gasteiger partial charge in [-0.2, -0.15) is 0 Å². The van der Waals surface area contributed by atoms with Gasteiger partial charge in [-0.15, -0.1) is 11.6 Å². The van der Waals surface area contributed by atoms with Crippen LogP contribution >= 0.6 is 27.5 Å². The predicted octanol–water partition coefficient (Wildman–Crippen LogP) is 3.71. The lowest BCUT2D eigenvalue weighted by Gasteiger charge is -2.09. The topological polar surface area (TPSA) is 21.6 Å². The molecule has 1 aromatic carbocycles. The number of hydrogen-bond acceptors (Lipinski definition) is 2. The Hall–Kier alpha value is -0.610. The minimum atomic E-state index is -0.289. The fourth-order valence-corrected chi connectivity index (χ4v) is 2.13. The van der Waals surface area contributed by atoms with Gasteiger partial charge in [0, 0.05) is 16.5 Å². The van der Waals surface area contributed by atoms with E-state index in [0.717, 1.165) is 15.7 Å². The molecule has 1 aliphatic heterocycles. The molecular formula is C11H10BrClFNO. The van der Waals surface area contributed by atoms with E-state index in [0.29, 0.717) is 6.42 Å². The Balaban J connectivity index is 2.23. The summed E-state index contributed by atoms with van der Waals surface area (Å²) in [4.78, 5) is 5.19. The zero-order chi connectivity index (χ0) is 11.7. The number of benzene rings is 1. The smallest absolute Gasteiger partial charge is 0.149 e. The predicted molar refractivity (Wildman–Crippen MR) is 65.4 cm³/mol. The van der Waals surface area contributed by atoms with E-state index >= 15 is 0 Å². The van der Waals surface area contributed by atoms with Gasteiger partial charge in [0.05, 0.1) is 11.1 Å². The molecule has 2 atom stereocenters. The van der Waals surface area contributed by atoms with Gasteiger partial charge in [0.15, 0.2) is 0 Å². The van der Waals surface area contributed by atoms with E-state index in [-0.39, 0.29) is 17.3 Å². The van der Waals surface area contributed by atoms with Crippen LogP contribution in [0.4, 0.5) is 4.39 Å². The Kier molecular flexibility index (Phi) is 3.50. The lowest BCUT2D eigenvalue weighted by Crippen LogP contribution is -2.18. The van der Waals surface area contributed by atoms with Crippen LogP contribution in [0.5, 0.6) is 0 Å². The summed E-state index contributed by atoms with van der Waals surface area (Å²) in [7, 11) is 0. The molecule has 0 saturated carbocycles. The molecule has 0 bridgehead atoms. The average Bonchev–Trinajstić information content (AvgIpc) is 2.70. The fraction of sp³-hybridized carbons (Fsp3) is 0.364. The molecule has 0 amide bonds. The maximum Gasteiger partial charge on any atom is 0.149 e. The summed E-state index contributed by atoms with van der Waals surface area (Å²) in [5.74, 6) is -0.289. The van der Waals surface area contributed by atoms with Gasteiger partial charge in [0.2, 0.25) is 0 Å². The van der Waals surface area contributed by atoms with Crippen LogP contribution in [0.1, 0.15) is 18.9 Å². The SMILES string of the molecule is CC(Cl)C1CC(c2cc(F)ccc2Br)=NO1. The van der Waals surface area contributed by atoms with Crippen LogP contribution in [0.25, 0.3) is 0 Å². The van der Waals surface area contributed by atoms with Crippen LogP contribution in [0.3, 0.4) is 0 Å². The summed E-state index contributed by atoms with van der Waals surface area (Å²) in [6, 6.07) is 4.49. The highest BCUT2D eigenvalue weighted by Crippen LogP contribution is 2.26. The quantitative estimate of drug-likeness (QED) is 0.763. The van der Waals surface area contributed by atoms with Crippen molar-refractivity contribution in [2.24, 2.45) is 5.16 Å². The van der Waals surface area contributed by atoms with Crippen LogP contribution in [-0.2, 0) is 4.84 Å². The first-order chi connectivity index (χ1) is 7.58. The van der Waals surface area contributed by atoms with Gasteiger partial charge in [-0.25, -0.2) is 4.39 Å². The Morgan fingerprint density at radius 1 is 1.62 bits per heavy atom. The molecule has 1 heterocycles. The Bertz CT molecular complexity index is 436. The zero-order valence-corrected chi connectivity index (χ0v) is 10.9. The molecular weight excluding hydrogens is 296 g/mol. The normalized spacial score (nSPS) is 21.5. The molecule has 0 radical (unpaired) electrons. The summed E-state index contributed by atoms with van der Waals surface area (Å²) < 4.78 is 13.9. The van der Waals surface area contributed by atoms with Gasteiger partial charge in [-0.1, -0.05) is 21.1 Å². The molecule has 5 heteroatoms. The van der Waals surface area contributed by atoms with E-state index < -0.39 is 0 Å². The number of halogens is 3. The number of alkyl halides is 1. The highest BCUT2D eigenvalue weighted by Gasteiger charge is 2.27. The standard InChI is InChI=1S/C11H10BrClFNO/c1-6(13)11-5-10(15-16-11)8-4-7(14)2-3-9(8)12/h2-4,6,11H,5H2,1H3. The van der Waals surface area contributed by atoms with Crippen molar-refractivity contribution in [2.75, 3.05) is 0 Å². The minimum absolute atomic E-state index is 0.117. The number of oxime groups is 1. The van der Waals surface area contributed by atoms with E-state index in [1.54, 1.807) is 6.07 Å². The van der Waals surface area contributed by atoms with Crippen molar-refractivity contribution in [2.45, 2.75) is 24.8 Å². The maximum absolute atomic E-state index is 13.1. The van der Waals surface area contributed by atoms with Crippen molar-refractivity contribution in [3.05, 3.63) is 34.1 Å². The first-order valence-corrected chi connectivity index (χ1v) is 6.13. The third-order valence-corrected chi connectivity index (χ3v) is 3.42. The Labute approximate surface area is 107 Å². The van der Waals surface area contributed by atoms with Crippen molar-refractivity contribution in [1.29, 1.82) is 0 Å². The molecule has 0 spiro atoms. The molecule has 0 aliphatic carbocycles. The highest BCUT2D eigenvalue weighted by molar-refractivity contribution is 9.10. The van der Waals surface area contributed by atoms with E-state index in [4.69, 9.17) is 16.4 Å². The molecule has 0 N–H and O–H groups in total. The fourth-order valence-electron chi connectivity index (χ4n) is 1.52. The molecule has 86 valence electrons. The van der Waals surface area contributed by atoms with Crippen LogP contribution in [-0.4, -0.2) is 17.2 Å². The summed E-state index contributed by atoms with van der Waals surface area (Å²) in [6.45, 7) is 1.85. The van der Waals surface area contributed by atoms with Crippen LogP contribution in [0.2, 0.25) is 0 Å². The molecule has 1 aliphatic rings. The molecule has 1 aromatic rings. The summed E-state index contributed by atoms with van der Waals surface area (Å²) in [6.07, 6.45) is 0.471. The third-order valence-electron chi connectivity index (χ3n) is 2.44. The summed E-state index contributed by atoms with van der Waals surface area (Å²) in [5.41, 5.74) is 1.45. The molecule has 16 heavy (non-hydrogen) atoms. The third kappa shape index (κ3) is 2.38. The van der Waals surface area contributed by atoms with Gasteiger partial charge in [0.25, 0.3) is 0 Å². The van der Waals surface area contributed by atoms with Crippen molar-refractivity contribution in [3.8, 4) is 0 Å². The average molecular weight is 307 g/mol. The molecule has 2 unspecified atom stereocenters. The van der Waals surface area contributed by atoms with Crippen molar-refractivity contribution in [3.63, 3.8) is 0 Å². The second-order valence-corrected chi connectivity index (χ2v) is 5.23. The van der Waals surface area contributed by atoms with Crippen molar-refractivity contribution in [1.82, 2.24) is 0 Å². The molecule has 2 rings (SSSR count). The molecule has 0 aromatic heterocycles. The Morgan fingerprint density at radius 2 is 2.38 bits per heavy atom. The van der Waals surface area contributed by atoms with Gasteiger partial charge < -0.3 is 4.84 Å². The largest absolute Gasteiger partial charge is 0.390 e. The molecule has 0 saturated heterocycles. The van der Waals surface area contributed by atoms with E-state index in [1.807, 2.05) is 6.92 Å². The summed E-state index contributed by atoms with van der Waals surface area (Å²) >= 11 is 9.29. The van der Waals surface area contributed by atoms with Crippen LogP contribution in [0, 0.1) is 5.82 Å². The van der Waals surface area contributed by atoms with Crippen molar-refractivity contribution >= 4 is 33.2 Å². The van der Waals surface area contributed by atoms with Gasteiger partial charge in [-0.05, 0) is 25.1 Å². The summed E-state index contributed by atoms with van der Waals surface area (Å²) in [5, 5.41) is 3.83. The van der Waals surface area contributed by atoms with Gasteiger partial charge in [0.1, 0.15) is 11.9 Å².